The number of amides is 2. The van der Waals surface area contributed by atoms with E-state index in [0.29, 0.717) is 18.1 Å². The lowest BCUT2D eigenvalue weighted by Crippen LogP contribution is -2.36. The summed E-state index contributed by atoms with van der Waals surface area (Å²) in [5, 5.41) is 16.8. The molecule has 0 spiro atoms. The van der Waals surface area contributed by atoms with Gasteiger partial charge in [-0.25, -0.2) is 9.18 Å². The molecule has 0 aliphatic rings. The van der Waals surface area contributed by atoms with E-state index in [4.69, 9.17) is 0 Å². The van der Waals surface area contributed by atoms with Crippen molar-refractivity contribution in [1.82, 2.24) is 30.8 Å². The van der Waals surface area contributed by atoms with E-state index >= 15 is 0 Å². The van der Waals surface area contributed by atoms with Crippen molar-refractivity contribution in [2.24, 2.45) is 0 Å². The van der Waals surface area contributed by atoms with E-state index in [0.717, 1.165) is 12.0 Å². The van der Waals surface area contributed by atoms with Crippen molar-refractivity contribution < 1.29 is 9.18 Å². The molecule has 0 aliphatic carbocycles. The van der Waals surface area contributed by atoms with Crippen LogP contribution in [0.2, 0.25) is 0 Å². The Morgan fingerprint density at radius 2 is 1.80 bits per heavy atom. The summed E-state index contributed by atoms with van der Waals surface area (Å²) in [5.41, 5.74) is 1.77. The maximum Gasteiger partial charge on any atom is 0.315 e. The van der Waals surface area contributed by atoms with Crippen LogP contribution in [0.1, 0.15) is 11.4 Å². The summed E-state index contributed by atoms with van der Waals surface area (Å²) in [6.45, 7) is 0.681. The summed E-state index contributed by atoms with van der Waals surface area (Å²) in [6.07, 6.45) is 0.752. The molecule has 128 valence electrons. The molecule has 0 radical (unpaired) electrons. The van der Waals surface area contributed by atoms with Crippen LogP contribution in [0.4, 0.5) is 9.18 Å². The minimum atomic E-state index is -0.339. The maximum atomic E-state index is 13.0. The average molecular weight is 340 g/mol. The Morgan fingerprint density at radius 1 is 1.04 bits per heavy atom. The summed E-state index contributed by atoms with van der Waals surface area (Å²) < 4.78 is 14.4. The lowest BCUT2D eigenvalue weighted by molar-refractivity contribution is 0.240. The topological polar surface area (TPSA) is 84.7 Å². The number of carbonyl (C=O) groups is 1. The fraction of sp³-hybridized carbons (Fsp3) is 0.176. The molecule has 2 amide bonds. The van der Waals surface area contributed by atoms with E-state index < -0.39 is 0 Å². The van der Waals surface area contributed by atoms with E-state index in [9.17, 15) is 9.18 Å². The second-order valence-electron chi connectivity index (χ2n) is 5.33. The lowest BCUT2D eigenvalue weighted by atomic mass is 10.1. The molecule has 2 aromatic carbocycles. The highest BCUT2D eigenvalue weighted by Gasteiger charge is 2.09. The number of tetrazole rings is 1. The van der Waals surface area contributed by atoms with Gasteiger partial charge in [-0.2, -0.15) is 4.68 Å². The third-order valence-electron chi connectivity index (χ3n) is 3.55. The third kappa shape index (κ3) is 4.60. The summed E-state index contributed by atoms with van der Waals surface area (Å²) >= 11 is 0. The maximum absolute atomic E-state index is 13.0. The molecule has 8 heteroatoms. The first kappa shape index (κ1) is 16.6. The van der Waals surface area contributed by atoms with Gasteiger partial charge in [0.15, 0.2) is 5.82 Å². The minimum absolute atomic E-state index is 0.154. The molecule has 3 aromatic rings. The Morgan fingerprint density at radius 3 is 2.56 bits per heavy atom. The molecule has 1 heterocycles. The number of aromatic nitrogens is 4. The summed E-state index contributed by atoms with van der Waals surface area (Å²) in [7, 11) is 0. The molecule has 0 saturated carbocycles. The summed E-state index contributed by atoms with van der Waals surface area (Å²) in [4.78, 5) is 11.9. The zero-order valence-corrected chi connectivity index (χ0v) is 13.4. The quantitative estimate of drug-likeness (QED) is 0.717. The van der Waals surface area contributed by atoms with Crippen molar-refractivity contribution in [1.29, 1.82) is 0 Å². The highest BCUT2D eigenvalue weighted by molar-refractivity contribution is 5.73. The monoisotopic (exact) mass is 340 g/mol. The SMILES string of the molecule is O=C(NCCc1ccccc1)NCc1nnnn1-c1ccc(F)cc1. The molecule has 0 bridgehead atoms. The fourth-order valence-electron chi connectivity index (χ4n) is 2.29. The van der Waals surface area contributed by atoms with Gasteiger partial charge < -0.3 is 10.6 Å². The number of nitrogens with zero attached hydrogens (tertiary/aromatic N) is 4. The Bertz CT molecular complexity index is 819. The highest BCUT2D eigenvalue weighted by atomic mass is 19.1. The number of urea groups is 1. The number of hydrogen-bond donors (Lipinski definition) is 2. The fourth-order valence-corrected chi connectivity index (χ4v) is 2.29. The van der Waals surface area contributed by atoms with Gasteiger partial charge in [-0.3, -0.25) is 0 Å². The highest BCUT2D eigenvalue weighted by Crippen LogP contribution is 2.08. The van der Waals surface area contributed by atoms with Crippen LogP contribution < -0.4 is 10.6 Å². The van der Waals surface area contributed by atoms with Gasteiger partial charge >= 0.3 is 6.03 Å². The average Bonchev–Trinajstić information content (AvgIpc) is 3.10. The van der Waals surface area contributed by atoms with Crippen molar-refractivity contribution >= 4 is 6.03 Å². The normalized spacial score (nSPS) is 10.4. The first-order chi connectivity index (χ1) is 12.2. The van der Waals surface area contributed by atoms with Crippen molar-refractivity contribution in [3.8, 4) is 5.69 Å². The molecular formula is C17H17FN6O. The van der Waals surface area contributed by atoms with E-state index in [2.05, 4.69) is 26.2 Å². The van der Waals surface area contributed by atoms with Crippen LogP contribution in [0.25, 0.3) is 5.69 Å². The van der Waals surface area contributed by atoms with E-state index in [1.165, 1.54) is 16.8 Å². The Kier molecular flexibility index (Phi) is 5.30. The smallest absolute Gasteiger partial charge is 0.315 e. The molecule has 0 aliphatic heterocycles. The van der Waals surface area contributed by atoms with Gasteiger partial charge in [-0.1, -0.05) is 30.3 Å². The standard InChI is InChI=1S/C17H17FN6O/c18-14-6-8-15(9-7-14)24-16(21-22-23-24)12-20-17(25)19-11-10-13-4-2-1-3-5-13/h1-9H,10-12H2,(H2,19,20,25). The van der Waals surface area contributed by atoms with Crippen LogP contribution in [0.15, 0.2) is 54.6 Å². The molecule has 25 heavy (non-hydrogen) atoms. The van der Waals surface area contributed by atoms with Gasteiger partial charge in [0.05, 0.1) is 12.2 Å². The molecule has 2 N–H and O–H groups in total. The van der Waals surface area contributed by atoms with Gasteiger partial charge in [0.25, 0.3) is 0 Å². The zero-order chi connectivity index (χ0) is 17.5. The van der Waals surface area contributed by atoms with Crippen molar-refractivity contribution in [3.63, 3.8) is 0 Å². The summed E-state index contributed by atoms with van der Waals surface area (Å²) in [6, 6.07) is 15.4. The number of halogens is 1. The molecule has 0 unspecified atom stereocenters. The molecule has 0 atom stereocenters. The second kappa shape index (κ2) is 8.00. The lowest BCUT2D eigenvalue weighted by Gasteiger charge is -2.08. The second-order valence-corrected chi connectivity index (χ2v) is 5.33. The van der Waals surface area contributed by atoms with Crippen molar-refractivity contribution in [2.75, 3.05) is 6.54 Å². The Hall–Kier alpha value is -3.29. The Balaban J connectivity index is 1.49. The number of hydrogen-bond acceptors (Lipinski definition) is 4. The molecule has 3 rings (SSSR count). The van der Waals surface area contributed by atoms with Crippen LogP contribution in [-0.4, -0.2) is 32.8 Å². The molecule has 1 aromatic heterocycles. The zero-order valence-electron chi connectivity index (χ0n) is 13.4. The number of rotatable bonds is 6. The number of carbonyl (C=O) groups excluding carboxylic acids is 1. The first-order valence-electron chi connectivity index (χ1n) is 7.81. The van der Waals surface area contributed by atoms with E-state index in [-0.39, 0.29) is 18.4 Å². The van der Waals surface area contributed by atoms with Gasteiger partial charge in [0.1, 0.15) is 5.82 Å². The summed E-state index contributed by atoms with van der Waals surface area (Å²) in [5.74, 6) is 0.110. The first-order valence-corrected chi connectivity index (χ1v) is 7.81. The largest absolute Gasteiger partial charge is 0.338 e. The molecular weight excluding hydrogens is 323 g/mol. The van der Waals surface area contributed by atoms with E-state index in [1.54, 1.807) is 12.1 Å². The van der Waals surface area contributed by atoms with Crippen molar-refractivity contribution in [3.05, 3.63) is 71.8 Å². The Labute approximate surface area is 143 Å². The predicted octanol–water partition coefficient (Wildman–Crippen LogP) is 1.84. The van der Waals surface area contributed by atoms with Gasteiger partial charge in [-0.05, 0) is 46.7 Å². The van der Waals surface area contributed by atoms with Crippen LogP contribution in [0, 0.1) is 5.82 Å². The van der Waals surface area contributed by atoms with Crippen LogP contribution >= 0.6 is 0 Å². The van der Waals surface area contributed by atoms with Crippen LogP contribution in [-0.2, 0) is 13.0 Å². The minimum Gasteiger partial charge on any atom is -0.338 e. The van der Waals surface area contributed by atoms with Gasteiger partial charge in [0.2, 0.25) is 0 Å². The van der Waals surface area contributed by atoms with Crippen molar-refractivity contribution in [2.45, 2.75) is 13.0 Å². The predicted molar refractivity (Wildman–Crippen MR) is 89.5 cm³/mol. The molecule has 0 fully saturated rings. The number of benzene rings is 2. The van der Waals surface area contributed by atoms with Gasteiger partial charge in [0, 0.05) is 6.54 Å². The van der Waals surface area contributed by atoms with Crippen LogP contribution in [0.5, 0.6) is 0 Å². The third-order valence-corrected chi connectivity index (χ3v) is 3.55. The van der Waals surface area contributed by atoms with Crippen LogP contribution in [0.3, 0.4) is 0 Å². The van der Waals surface area contributed by atoms with E-state index in [1.807, 2.05) is 30.3 Å². The van der Waals surface area contributed by atoms with Gasteiger partial charge in [-0.15, -0.1) is 5.10 Å². The molecule has 0 saturated heterocycles. The molecule has 7 nitrogen and oxygen atoms in total. The number of nitrogens with one attached hydrogen (secondary N) is 2.